The maximum absolute atomic E-state index is 10.2. The van der Waals surface area contributed by atoms with Crippen molar-refractivity contribution in [1.29, 1.82) is 0 Å². The average Bonchev–Trinajstić information content (AvgIpc) is 2.74. The van der Waals surface area contributed by atoms with Gasteiger partial charge < -0.3 is 11.5 Å². The smallest absolute Gasteiger partial charge is 0.262 e. The summed E-state index contributed by atoms with van der Waals surface area (Å²) in [5.74, 6) is -0.236. The lowest BCUT2D eigenvalue weighted by Crippen LogP contribution is -2.31. The summed E-state index contributed by atoms with van der Waals surface area (Å²) in [6.45, 7) is 2.34. The second-order valence-corrected chi connectivity index (χ2v) is 4.08. The number of carbonyl (C=O) groups excluding carboxylic acids is 1. The van der Waals surface area contributed by atoms with Crippen molar-refractivity contribution in [2.45, 2.75) is 19.4 Å². The van der Waals surface area contributed by atoms with Crippen LogP contribution in [0.4, 0.5) is 0 Å². The number of nitrogens with two attached hydrogens (primary N) is 2. The van der Waals surface area contributed by atoms with Crippen LogP contribution in [0, 0.1) is 0 Å². The number of hydrogen-bond donors (Lipinski definition) is 3. The van der Waals surface area contributed by atoms with Gasteiger partial charge in [0.25, 0.3) is 5.91 Å². The Bertz CT molecular complexity index is 439. The highest BCUT2D eigenvalue weighted by atomic mass is 32.1. The molecule has 7 heteroatoms. The van der Waals surface area contributed by atoms with Gasteiger partial charge in [0.1, 0.15) is 11.0 Å². The van der Waals surface area contributed by atoms with E-state index in [1.807, 2.05) is 19.1 Å². The van der Waals surface area contributed by atoms with E-state index in [0.717, 1.165) is 17.7 Å². The van der Waals surface area contributed by atoms with E-state index < -0.39 is 6.04 Å². The number of amides is 1. The van der Waals surface area contributed by atoms with Gasteiger partial charge in [-0.05, 0) is 18.6 Å². The number of aromatic nitrogens is 1. The summed E-state index contributed by atoms with van der Waals surface area (Å²) in [6, 6.07) is 3.28. The van der Waals surface area contributed by atoms with E-state index in [2.05, 4.69) is 15.3 Å². The highest BCUT2D eigenvalue weighted by Gasteiger charge is 2.19. The van der Waals surface area contributed by atoms with E-state index in [4.69, 9.17) is 23.7 Å². The summed E-state index contributed by atoms with van der Waals surface area (Å²) in [4.78, 5) is 19.2. The molecule has 1 fully saturated rings. The first-order chi connectivity index (χ1) is 8.54. The fraction of sp³-hybridized carbons (Fsp3) is 0.364. The van der Waals surface area contributed by atoms with E-state index in [1.165, 1.54) is 0 Å². The van der Waals surface area contributed by atoms with Gasteiger partial charge in [-0.15, -0.1) is 0 Å². The van der Waals surface area contributed by atoms with Crippen molar-refractivity contribution in [3.63, 3.8) is 0 Å². The van der Waals surface area contributed by atoms with E-state index >= 15 is 0 Å². The molecule has 0 spiro atoms. The molecule has 1 amide bonds. The highest BCUT2D eigenvalue weighted by molar-refractivity contribution is 7.80. The number of nitrogens with zero attached hydrogens (tertiary/aromatic N) is 1. The summed E-state index contributed by atoms with van der Waals surface area (Å²) in [5.41, 5.74) is 14.6. The maximum atomic E-state index is 10.2. The van der Waals surface area contributed by atoms with Crippen molar-refractivity contribution in [1.82, 2.24) is 10.5 Å². The van der Waals surface area contributed by atoms with E-state index in [-0.39, 0.29) is 5.91 Å². The Labute approximate surface area is 111 Å². The number of rotatable bonds is 2. The van der Waals surface area contributed by atoms with Crippen LogP contribution in [0.2, 0.25) is 0 Å². The molecule has 5 N–H and O–H groups in total. The number of nitrogens with one attached hydrogen (secondary N) is 1. The molecule has 2 rings (SSSR count). The molecule has 0 unspecified atom stereocenters. The normalized spacial score (nSPS) is 17.7. The van der Waals surface area contributed by atoms with Crippen LogP contribution in [0.5, 0.6) is 0 Å². The monoisotopic (exact) mass is 268 g/mol. The molecule has 6 nitrogen and oxygen atoms in total. The lowest BCUT2D eigenvalue weighted by atomic mass is 10.2. The van der Waals surface area contributed by atoms with Crippen molar-refractivity contribution in [2.75, 3.05) is 6.61 Å². The lowest BCUT2D eigenvalue weighted by molar-refractivity contribution is -0.124. The molecule has 1 atom stereocenters. The van der Waals surface area contributed by atoms with Crippen LogP contribution in [0.1, 0.15) is 18.2 Å². The van der Waals surface area contributed by atoms with Gasteiger partial charge in [0.05, 0.1) is 6.61 Å². The number of aryl methyl sites for hydroxylation is 1. The zero-order valence-corrected chi connectivity index (χ0v) is 10.9. The standard InChI is InChI=1S/C8H10N2S.C3H6N2O2/c1-2-7-5-6(8(9)11)3-4-10-7;4-2-1-7-5-3(2)6/h3-5H,2H2,1H3,(H2,9,11);2H,1,4H2,(H,5,6)/t;2-/m.1/s1. The van der Waals surface area contributed by atoms with Crippen LogP contribution in [0.25, 0.3) is 0 Å². The van der Waals surface area contributed by atoms with E-state index in [1.54, 1.807) is 6.20 Å². The van der Waals surface area contributed by atoms with Gasteiger partial charge in [0, 0.05) is 17.5 Å². The van der Waals surface area contributed by atoms with Crippen LogP contribution in [-0.2, 0) is 16.1 Å². The van der Waals surface area contributed by atoms with Crippen molar-refractivity contribution in [3.8, 4) is 0 Å². The molecule has 1 aromatic heterocycles. The molecule has 1 aliphatic rings. The Morgan fingerprint density at radius 2 is 2.44 bits per heavy atom. The Morgan fingerprint density at radius 1 is 1.72 bits per heavy atom. The predicted molar refractivity (Wildman–Crippen MR) is 71.6 cm³/mol. The molecule has 0 saturated carbocycles. The molecule has 0 aromatic carbocycles. The molecule has 0 bridgehead atoms. The van der Waals surface area contributed by atoms with Gasteiger partial charge in [-0.25, -0.2) is 5.48 Å². The van der Waals surface area contributed by atoms with Crippen molar-refractivity contribution in [3.05, 3.63) is 29.6 Å². The lowest BCUT2D eigenvalue weighted by Gasteiger charge is -1.99. The summed E-state index contributed by atoms with van der Waals surface area (Å²) in [5, 5.41) is 0. The molecule has 1 saturated heterocycles. The number of hydrogen-bond acceptors (Lipinski definition) is 5. The molecule has 18 heavy (non-hydrogen) atoms. The van der Waals surface area contributed by atoms with Crippen molar-refractivity contribution in [2.24, 2.45) is 11.5 Å². The Hall–Kier alpha value is -1.57. The van der Waals surface area contributed by atoms with Gasteiger partial charge >= 0.3 is 0 Å². The molecular formula is C11H16N4O2S. The average molecular weight is 268 g/mol. The van der Waals surface area contributed by atoms with Crippen molar-refractivity contribution >= 4 is 23.1 Å². The van der Waals surface area contributed by atoms with E-state index in [0.29, 0.717) is 11.6 Å². The topological polar surface area (TPSA) is 103 Å². The van der Waals surface area contributed by atoms with Gasteiger partial charge in [-0.2, -0.15) is 0 Å². The van der Waals surface area contributed by atoms with Crippen molar-refractivity contribution < 1.29 is 9.63 Å². The number of thiocarbonyl (C=S) groups is 1. The Balaban J connectivity index is 0.000000199. The summed E-state index contributed by atoms with van der Waals surface area (Å²) < 4.78 is 0. The fourth-order valence-electron chi connectivity index (χ4n) is 1.18. The van der Waals surface area contributed by atoms with Crippen LogP contribution in [0.15, 0.2) is 18.3 Å². The quantitative estimate of drug-likeness (QED) is 0.634. The minimum atomic E-state index is -0.458. The van der Waals surface area contributed by atoms with Crippen LogP contribution < -0.4 is 16.9 Å². The maximum Gasteiger partial charge on any atom is 0.262 e. The molecule has 1 aromatic rings. The molecule has 0 radical (unpaired) electrons. The largest absolute Gasteiger partial charge is 0.389 e. The molecule has 0 aliphatic carbocycles. The van der Waals surface area contributed by atoms with E-state index in [9.17, 15) is 4.79 Å². The van der Waals surface area contributed by atoms with Gasteiger partial charge in [0.15, 0.2) is 0 Å². The minimum absolute atomic E-state index is 0.236. The Morgan fingerprint density at radius 3 is 2.83 bits per heavy atom. The minimum Gasteiger partial charge on any atom is -0.389 e. The molecule has 2 heterocycles. The van der Waals surface area contributed by atoms with Gasteiger partial charge in [0.2, 0.25) is 0 Å². The first-order valence-electron chi connectivity index (χ1n) is 5.46. The van der Waals surface area contributed by atoms with Gasteiger partial charge in [-0.1, -0.05) is 19.1 Å². The summed E-state index contributed by atoms with van der Waals surface area (Å²) in [7, 11) is 0. The third-order valence-corrected chi connectivity index (χ3v) is 2.47. The Kier molecular flexibility index (Phi) is 5.63. The van der Waals surface area contributed by atoms with Crippen LogP contribution >= 0.6 is 12.2 Å². The fourth-order valence-corrected chi connectivity index (χ4v) is 1.31. The molecule has 98 valence electrons. The second kappa shape index (κ2) is 7.00. The van der Waals surface area contributed by atoms with Crippen LogP contribution in [-0.4, -0.2) is 28.5 Å². The second-order valence-electron chi connectivity index (χ2n) is 3.64. The summed E-state index contributed by atoms with van der Waals surface area (Å²) in [6.07, 6.45) is 2.64. The highest BCUT2D eigenvalue weighted by Crippen LogP contribution is 2.01. The third kappa shape index (κ3) is 4.36. The SMILES string of the molecule is CCc1cc(C(N)=S)ccn1.N[C@@H]1CONC1=O. The molecular weight excluding hydrogens is 252 g/mol. The predicted octanol–water partition coefficient (Wildman–Crippen LogP) is -0.347. The first-order valence-corrected chi connectivity index (χ1v) is 5.87. The van der Waals surface area contributed by atoms with Crippen LogP contribution in [0.3, 0.4) is 0 Å². The molecule has 1 aliphatic heterocycles. The number of carbonyl (C=O) groups is 1. The number of hydroxylamine groups is 1. The zero-order chi connectivity index (χ0) is 13.5. The first kappa shape index (κ1) is 14.5. The third-order valence-electron chi connectivity index (χ3n) is 2.24. The van der Waals surface area contributed by atoms with Gasteiger partial charge in [-0.3, -0.25) is 14.6 Å². The number of pyridine rings is 1. The zero-order valence-electron chi connectivity index (χ0n) is 10.1. The summed E-state index contributed by atoms with van der Waals surface area (Å²) >= 11 is 4.82.